The molecular formula is C17H19ClN2O4S2. The van der Waals surface area contributed by atoms with Crippen molar-refractivity contribution < 1.29 is 18.0 Å². The molecule has 0 radical (unpaired) electrons. The van der Waals surface area contributed by atoms with Crippen LogP contribution in [0.1, 0.15) is 41.5 Å². The third-order valence-electron chi connectivity index (χ3n) is 3.61. The van der Waals surface area contributed by atoms with Gasteiger partial charge in [-0.1, -0.05) is 23.7 Å². The van der Waals surface area contributed by atoms with Crippen molar-refractivity contribution in [3.63, 3.8) is 0 Å². The quantitative estimate of drug-likeness (QED) is 0.649. The molecule has 0 saturated carbocycles. The van der Waals surface area contributed by atoms with Gasteiger partial charge in [-0.15, -0.1) is 11.3 Å². The smallest absolute Gasteiger partial charge is 0.240 e. The molecule has 0 aliphatic rings. The largest absolute Gasteiger partial charge is 0.349 e. The minimum absolute atomic E-state index is 0.00814. The number of carbonyl (C=O) groups is 2. The number of carbonyl (C=O) groups excluding carboxylic acids is 2. The lowest BCUT2D eigenvalue weighted by molar-refractivity contribution is -0.121. The van der Waals surface area contributed by atoms with Gasteiger partial charge in [0.1, 0.15) is 0 Å². The monoisotopic (exact) mass is 414 g/mol. The van der Waals surface area contributed by atoms with Gasteiger partial charge in [-0.05, 0) is 38.1 Å². The molecule has 1 aromatic heterocycles. The molecule has 0 aliphatic carbocycles. The fourth-order valence-corrected chi connectivity index (χ4v) is 4.29. The predicted molar refractivity (Wildman–Crippen MR) is 102 cm³/mol. The topological polar surface area (TPSA) is 92.3 Å². The molecular weight excluding hydrogens is 396 g/mol. The summed E-state index contributed by atoms with van der Waals surface area (Å²) in [5.41, 5.74) is 0.436. The molecule has 1 atom stereocenters. The van der Waals surface area contributed by atoms with Gasteiger partial charge in [0.25, 0.3) is 0 Å². The number of benzene rings is 1. The number of hydrogen-bond acceptors (Lipinski definition) is 5. The normalized spacial score (nSPS) is 12.6. The van der Waals surface area contributed by atoms with Gasteiger partial charge in [0.2, 0.25) is 15.9 Å². The van der Waals surface area contributed by atoms with Gasteiger partial charge in [-0.3, -0.25) is 9.59 Å². The van der Waals surface area contributed by atoms with Crippen molar-refractivity contribution in [3.05, 3.63) is 51.2 Å². The van der Waals surface area contributed by atoms with Crippen molar-refractivity contribution in [2.75, 3.05) is 6.54 Å². The third kappa shape index (κ3) is 5.63. The zero-order valence-corrected chi connectivity index (χ0v) is 16.7. The number of halogens is 1. The van der Waals surface area contributed by atoms with Crippen LogP contribution in [0, 0.1) is 0 Å². The maximum absolute atomic E-state index is 12.2. The highest BCUT2D eigenvalue weighted by Crippen LogP contribution is 2.26. The minimum atomic E-state index is -3.73. The van der Waals surface area contributed by atoms with Gasteiger partial charge in [-0.2, -0.15) is 0 Å². The summed E-state index contributed by atoms with van der Waals surface area (Å²) in [4.78, 5) is 24.2. The molecule has 140 valence electrons. The van der Waals surface area contributed by atoms with Crippen LogP contribution >= 0.6 is 22.9 Å². The van der Waals surface area contributed by atoms with Crippen molar-refractivity contribution in [3.8, 4) is 0 Å². The molecule has 9 heteroatoms. The van der Waals surface area contributed by atoms with E-state index in [4.69, 9.17) is 11.6 Å². The van der Waals surface area contributed by atoms with Gasteiger partial charge in [0.05, 0.1) is 15.3 Å². The Labute approximate surface area is 161 Å². The average Bonchev–Trinajstić information content (AvgIpc) is 3.01. The number of thiophene rings is 1. The minimum Gasteiger partial charge on any atom is -0.349 e. The van der Waals surface area contributed by atoms with Crippen LogP contribution in [-0.4, -0.2) is 26.7 Å². The molecule has 6 nitrogen and oxygen atoms in total. The molecule has 1 heterocycles. The van der Waals surface area contributed by atoms with Crippen LogP contribution in [0.25, 0.3) is 0 Å². The molecule has 1 amide bonds. The lowest BCUT2D eigenvalue weighted by Gasteiger charge is -2.12. The van der Waals surface area contributed by atoms with Crippen LogP contribution in [0.5, 0.6) is 0 Å². The van der Waals surface area contributed by atoms with E-state index in [0.717, 1.165) is 4.88 Å². The van der Waals surface area contributed by atoms with E-state index in [9.17, 15) is 18.0 Å². The molecule has 0 spiro atoms. The maximum Gasteiger partial charge on any atom is 0.240 e. The number of sulfonamides is 1. The zero-order valence-electron chi connectivity index (χ0n) is 14.3. The highest BCUT2D eigenvalue weighted by Gasteiger charge is 2.16. The first-order valence-electron chi connectivity index (χ1n) is 7.84. The first-order chi connectivity index (χ1) is 12.2. The summed E-state index contributed by atoms with van der Waals surface area (Å²) >= 11 is 7.25. The first-order valence-corrected chi connectivity index (χ1v) is 10.5. The molecule has 2 rings (SSSR count). The highest BCUT2D eigenvalue weighted by atomic mass is 35.5. The third-order valence-corrected chi connectivity index (χ3v) is 6.50. The van der Waals surface area contributed by atoms with E-state index >= 15 is 0 Å². The van der Waals surface area contributed by atoms with Gasteiger partial charge < -0.3 is 5.32 Å². The number of amides is 1. The SMILES string of the molecule is CC(=O)c1ccc(S(=O)(=O)NCCC(=O)NC(C)c2ccc(Cl)s2)cc1. The molecule has 0 fully saturated rings. The average molecular weight is 415 g/mol. The molecule has 0 aliphatic heterocycles. The van der Waals surface area contributed by atoms with Crippen molar-refractivity contribution >= 4 is 44.7 Å². The van der Waals surface area contributed by atoms with Crippen LogP contribution in [0.3, 0.4) is 0 Å². The van der Waals surface area contributed by atoms with E-state index in [0.29, 0.717) is 9.90 Å². The Kier molecular flexibility index (Phi) is 6.94. The lowest BCUT2D eigenvalue weighted by atomic mass is 10.2. The van der Waals surface area contributed by atoms with E-state index < -0.39 is 10.0 Å². The van der Waals surface area contributed by atoms with Gasteiger partial charge in [0.15, 0.2) is 5.78 Å². The summed E-state index contributed by atoms with van der Waals surface area (Å²) in [7, 11) is -3.73. The standard InChI is InChI=1S/C17H19ClN2O4S2/c1-11(15-7-8-16(18)25-15)20-17(22)9-10-19-26(23,24)14-5-3-13(4-6-14)12(2)21/h3-8,11,19H,9-10H2,1-2H3,(H,20,22). The van der Waals surface area contributed by atoms with Crippen molar-refractivity contribution in [1.29, 1.82) is 0 Å². The molecule has 1 unspecified atom stereocenters. The Morgan fingerprint density at radius 2 is 1.81 bits per heavy atom. The number of nitrogens with one attached hydrogen (secondary N) is 2. The Balaban J connectivity index is 1.85. The lowest BCUT2D eigenvalue weighted by Crippen LogP contribution is -2.31. The van der Waals surface area contributed by atoms with Crippen LogP contribution in [0.2, 0.25) is 4.34 Å². The second-order valence-corrected chi connectivity index (χ2v) is 9.17. The van der Waals surface area contributed by atoms with Gasteiger partial charge >= 0.3 is 0 Å². The maximum atomic E-state index is 12.2. The highest BCUT2D eigenvalue weighted by molar-refractivity contribution is 7.89. The van der Waals surface area contributed by atoms with E-state index in [1.807, 2.05) is 13.0 Å². The van der Waals surface area contributed by atoms with Crippen molar-refractivity contribution in [2.45, 2.75) is 31.2 Å². The molecule has 0 saturated heterocycles. The predicted octanol–water partition coefficient (Wildman–Crippen LogP) is 3.15. The van der Waals surface area contributed by atoms with Crippen molar-refractivity contribution in [1.82, 2.24) is 10.0 Å². The fourth-order valence-electron chi connectivity index (χ4n) is 2.20. The summed E-state index contributed by atoms with van der Waals surface area (Å²) in [5.74, 6) is -0.406. The summed E-state index contributed by atoms with van der Waals surface area (Å²) in [6.07, 6.45) is 0.00814. The summed E-state index contributed by atoms with van der Waals surface area (Å²) in [6, 6.07) is 9.04. The van der Waals surface area contributed by atoms with Crippen LogP contribution in [0.15, 0.2) is 41.3 Å². The van der Waals surface area contributed by atoms with Crippen LogP contribution in [0.4, 0.5) is 0 Å². The van der Waals surface area contributed by atoms with E-state index in [-0.39, 0.29) is 35.6 Å². The van der Waals surface area contributed by atoms with E-state index in [1.165, 1.54) is 42.5 Å². The van der Waals surface area contributed by atoms with E-state index in [2.05, 4.69) is 10.0 Å². The fraction of sp³-hybridized carbons (Fsp3) is 0.294. The number of rotatable bonds is 8. The Hall–Kier alpha value is -1.74. The van der Waals surface area contributed by atoms with Crippen LogP contribution < -0.4 is 10.0 Å². The van der Waals surface area contributed by atoms with Crippen LogP contribution in [-0.2, 0) is 14.8 Å². The second-order valence-electron chi connectivity index (χ2n) is 5.66. The Morgan fingerprint density at radius 1 is 1.15 bits per heavy atom. The summed E-state index contributed by atoms with van der Waals surface area (Å²) in [6.45, 7) is 3.22. The number of hydrogen-bond donors (Lipinski definition) is 2. The second kappa shape index (κ2) is 8.77. The Bertz CT molecular complexity index is 892. The molecule has 1 aromatic carbocycles. The number of ketones is 1. The van der Waals surface area contributed by atoms with Crippen molar-refractivity contribution in [2.24, 2.45) is 0 Å². The Morgan fingerprint density at radius 3 is 2.35 bits per heavy atom. The zero-order chi connectivity index (χ0) is 19.3. The summed E-state index contributed by atoms with van der Waals surface area (Å²) < 4.78 is 27.4. The van der Waals surface area contributed by atoms with E-state index in [1.54, 1.807) is 6.07 Å². The first kappa shape index (κ1) is 20.6. The number of Topliss-reactive ketones (excluding diaryl/α,β-unsaturated/α-hetero) is 1. The van der Waals surface area contributed by atoms with Gasteiger partial charge in [-0.25, -0.2) is 13.1 Å². The molecule has 2 aromatic rings. The van der Waals surface area contributed by atoms with Gasteiger partial charge in [0, 0.05) is 23.4 Å². The molecule has 0 bridgehead atoms. The molecule has 26 heavy (non-hydrogen) atoms. The summed E-state index contributed by atoms with van der Waals surface area (Å²) in [5, 5.41) is 2.80. The molecule has 2 N–H and O–H groups in total.